The summed E-state index contributed by atoms with van der Waals surface area (Å²) in [5, 5.41) is 7.59. The zero-order valence-electron chi connectivity index (χ0n) is 10.4. The van der Waals surface area contributed by atoms with Crippen molar-refractivity contribution < 1.29 is 8.78 Å². The Morgan fingerprint density at radius 3 is 2.55 bits per heavy atom. The molecule has 0 aliphatic carbocycles. The summed E-state index contributed by atoms with van der Waals surface area (Å²) in [7, 11) is 0. The minimum absolute atomic E-state index is 0.0790. The van der Waals surface area contributed by atoms with Gasteiger partial charge in [0.15, 0.2) is 0 Å². The molecule has 3 nitrogen and oxygen atoms in total. The third-order valence-electron chi connectivity index (χ3n) is 3.01. The normalized spacial score (nSPS) is 11.5. The van der Waals surface area contributed by atoms with Crippen molar-refractivity contribution in [2.75, 3.05) is 5.73 Å². The molecule has 3 rings (SSSR count). The second-order valence-corrected chi connectivity index (χ2v) is 4.41. The maximum absolute atomic E-state index is 13.3. The lowest BCUT2D eigenvalue weighted by atomic mass is 10.1. The number of nitrogens with two attached hydrogens (primary N) is 1. The average molecular weight is 271 g/mol. The predicted molar refractivity (Wildman–Crippen MR) is 75.8 cm³/mol. The number of nitrogens with one attached hydrogen (secondary N) is 1. The second kappa shape index (κ2) is 4.77. The first kappa shape index (κ1) is 12.3. The molecule has 0 atom stereocenters. The Balaban J connectivity index is 1.98. The second-order valence-electron chi connectivity index (χ2n) is 4.41. The van der Waals surface area contributed by atoms with Crippen molar-refractivity contribution in [2.24, 2.45) is 0 Å². The van der Waals surface area contributed by atoms with Crippen LogP contribution in [-0.4, -0.2) is 10.2 Å². The summed E-state index contributed by atoms with van der Waals surface area (Å²) in [6.45, 7) is 0. The molecule has 0 unspecified atom stereocenters. The third kappa shape index (κ3) is 2.25. The van der Waals surface area contributed by atoms with Crippen molar-refractivity contribution in [1.82, 2.24) is 10.2 Å². The van der Waals surface area contributed by atoms with Crippen LogP contribution in [0.3, 0.4) is 0 Å². The van der Waals surface area contributed by atoms with Crippen LogP contribution in [0, 0.1) is 11.6 Å². The van der Waals surface area contributed by atoms with Gasteiger partial charge in [0.2, 0.25) is 0 Å². The van der Waals surface area contributed by atoms with Crippen LogP contribution >= 0.6 is 0 Å². The lowest BCUT2D eigenvalue weighted by Gasteiger charge is -1.96. The van der Waals surface area contributed by atoms with Crippen LogP contribution in [-0.2, 0) is 0 Å². The molecule has 3 N–H and O–H groups in total. The number of H-pyrrole nitrogens is 1. The minimum Gasteiger partial charge on any atom is -0.396 e. The zero-order valence-corrected chi connectivity index (χ0v) is 10.4. The van der Waals surface area contributed by atoms with Gasteiger partial charge in [-0.2, -0.15) is 5.10 Å². The number of benzene rings is 2. The first-order valence-corrected chi connectivity index (χ1v) is 6.00. The van der Waals surface area contributed by atoms with Crippen molar-refractivity contribution >= 4 is 28.7 Å². The Bertz CT molecular complexity index is 789. The van der Waals surface area contributed by atoms with Crippen LogP contribution in [0.2, 0.25) is 0 Å². The maximum atomic E-state index is 13.3. The van der Waals surface area contributed by atoms with Crippen LogP contribution < -0.4 is 5.73 Å². The molecule has 3 aromatic rings. The molecular formula is C15H11F2N3. The molecule has 100 valence electrons. The lowest BCUT2D eigenvalue weighted by Crippen LogP contribution is -1.89. The molecule has 5 heteroatoms. The van der Waals surface area contributed by atoms with Crippen molar-refractivity contribution in [3.63, 3.8) is 0 Å². The van der Waals surface area contributed by atoms with E-state index in [1.807, 2.05) is 0 Å². The van der Waals surface area contributed by atoms with Gasteiger partial charge in [0.1, 0.15) is 11.6 Å². The number of nitrogen functional groups attached to an aromatic ring is 1. The predicted octanol–water partition coefficient (Wildman–Crippen LogP) is 3.59. The van der Waals surface area contributed by atoms with Crippen LogP contribution in [0.5, 0.6) is 0 Å². The van der Waals surface area contributed by atoms with E-state index in [0.717, 1.165) is 10.9 Å². The maximum Gasteiger partial charge on any atom is 0.148 e. The first-order valence-electron chi connectivity index (χ1n) is 6.00. The molecule has 0 saturated heterocycles. The molecule has 1 aromatic heterocycles. The number of nitrogens with zero attached hydrogens (tertiary/aromatic N) is 1. The molecule has 0 bridgehead atoms. The average Bonchev–Trinajstić information content (AvgIpc) is 2.81. The summed E-state index contributed by atoms with van der Waals surface area (Å²) in [6, 6.07) is 8.94. The zero-order chi connectivity index (χ0) is 14.1. The van der Waals surface area contributed by atoms with Gasteiger partial charge in [-0.05, 0) is 29.8 Å². The number of anilines is 1. The Morgan fingerprint density at radius 1 is 1.05 bits per heavy atom. The van der Waals surface area contributed by atoms with Gasteiger partial charge >= 0.3 is 0 Å². The van der Waals surface area contributed by atoms with Crippen molar-refractivity contribution in [3.8, 4) is 0 Å². The third-order valence-corrected chi connectivity index (χ3v) is 3.01. The fourth-order valence-electron chi connectivity index (χ4n) is 1.95. The summed E-state index contributed by atoms with van der Waals surface area (Å²) in [4.78, 5) is 0. The van der Waals surface area contributed by atoms with Crippen LogP contribution in [0.1, 0.15) is 11.3 Å². The standard InChI is InChI=1S/C15H11F2N3/c16-10-4-1-9(2-5-10)3-6-14-11-7-13(18)12(17)8-15(11)20-19-14/h1-8H,18H2,(H,19,20)/b6-3+. The quantitative estimate of drug-likeness (QED) is 0.700. The largest absolute Gasteiger partial charge is 0.396 e. The smallest absolute Gasteiger partial charge is 0.148 e. The lowest BCUT2D eigenvalue weighted by molar-refractivity contribution is 0.627. The SMILES string of the molecule is Nc1cc2c(/C=C/c3ccc(F)cc3)n[nH]c2cc1F. The number of halogens is 2. The number of aromatic nitrogens is 2. The fraction of sp³-hybridized carbons (Fsp3) is 0. The topological polar surface area (TPSA) is 54.7 Å². The highest BCUT2D eigenvalue weighted by Crippen LogP contribution is 2.23. The highest BCUT2D eigenvalue weighted by molar-refractivity contribution is 5.91. The van der Waals surface area contributed by atoms with E-state index in [1.165, 1.54) is 18.2 Å². The number of fused-ring (bicyclic) bond motifs is 1. The van der Waals surface area contributed by atoms with Crippen LogP contribution in [0.15, 0.2) is 36.4 Å². The van der Waals surface area contributed by atoms with Crippen molar-refractivity contribution in [3.05, 3.63) is 59.3 Å². The molecule has 0 spiro atoms. The van der Waals surface area contributed by atoms with Gasteiger partial charge in [-0.15, -0.1) is 0 Å². The summed E-state index contributed by atoms with van der Waals surface area (Å²) in [5.41, 5.74) is 7.71. The summed E-state index contributed by atoms with van der Waals surface area (Å²) >= 11 is 0. The monoisotopic (exact) mass is 271 g/mol. The molecule has 0 saturated carbocycles. The van der Waals surface area contributed by atoms with E-state index in [-0.39, 0.29) is 11.5 Å². The Morgan fingerprint density at radius 2 is 1.80 bits per heavy atom. The van der Waals surface area contributed by atoms with E-state index >= 15 is 0 Å². The van der Waals surface area contributed by atoms with Crippen LogP contribution in [0.4, 0.5) is 14.5 Å². The first-order chi connectivity index (χ1) is 9.63. The van der Waals surface area contributed by atoms with E-state index in [0.29, 0.717) is 11.2 Å². The summed E-state index contributed by atoms with van der Waals surface area (Å²) in [6.07, 6.45) is 3.57. The molecule has 20 heavy (non-hydrogen) atoms. The molecule has 0 aliphatic rings. The molecule has 0 radical (unpaired) electrons. The van der Waals surface area contributed by atoms with E-state index in [4.69, 9.17) is 5.73 Å². The number of hydrogen-bond acceptors (Lipinski definition) is 2. The highest BCUT2D eigenvalue weighted by atomic mass is 19.1. The van der Waals surface area contributed by atoms with E-state index in [9.17, 15) is 8.78 Å². The minimum atomic E-state index is -0.477. The van der Waals surface area contributed by atoms with Gasteiger partial charge in [-0.1, -0.05) is 18.2 Å². The van der Waals surface area contributed by atoms with E-state index < -0.39 is 5.82 Å². The molecule has 0 aliphatic heterocycles. The summed E-state index contributed by atoms with van der Waals surface area (Å²) < 4.78 is 26.1. The molecule has 2 aromatic carbocycles. The number of aromatic amines is 1. The molecule has 0 amide bonds. The van der Waals surface area contributed by atoms with Gasteiger partial charge in [0.25, 0.3) is 0 Å². The van der Waals surface area contributed by atoms with Gasteiger partial charge in [0.05, 0.1) is 16.9 Å². The van der Waals surface area contributed by atoms with Gasteiger partial charge in [-0.25, -0.2) is 8.78 Å². The summed E-state index contributed by atoms with van der Waals surface area (Å²) in [5.74, 6) is -0.758. The Hall–Kier alpha value is -2.69. The van der Waals surface area contributed by atoms with E-state index in [2.05, 4.69) is 10.2 Å². The number of hydrogen-bond donors (Lipinski definition) is 2. The highest BCUT2D eigenvalue weighted by Gasteiger charge is 2.07. The molecule has 0 fully saturated rings. The number of rotatable bonds is 2. The van der Waals surface area contributed by atoms with E-state index in [1.54, 1.807) is 30.4 Å². The van der Waals surface area contributed by atoms with Crippen LogP contribution in [0.25, 0.3) is 23.1 Å². The molecule has 1 heterocycles. The molecular weight excluding hydrogens is 260 g/mol. The van der Waals surface area contributed by atoms with Crippen molar-refractivity contribution in [1.29, 1.82) is 0 Å². The van der Waals surface area contributed by atoms with Gasteiger partial charge in [0, 0.05) is 11.5 Å². The fourth-order valence-corrected chi connectivity index (χ4v) is 1.95. The van der Waals surface area contributed by atoms with Gasteiger partial charge in [-0.3, -0.25) is 5.10 Å². The van der Waals surface area contributed by atoms with Crippen molar-refractivity contribution in [2.45, 2.75) is 0 Å². The Labute approximate surface area is 113 Å². The van der Waals surface area contributed by atoms with Gasteiger partial charge < -0.3 is 5.73 Å². The Kier molecular flexibility index (Phi) is 2.95.